The number of hydrogen-bond acceptors (Lipinski definition) is 3. The molecule has 0 spiro atoms. The van der Waals surface area contributed by atoms with E-state index in [1.165, 1.54) is 0 Å². The summed E-state index contributed by atoms with van der Waals surface area (Å²) in [5.74, 6) is -1.06. The minimum atomic E-state index is -1.00. The third-order valence-electron chi connectivity index (χ3n) is 3.84. The number of nitrogens with one attached hydrogen (secondary N) is 2. The summed E-state index contributed by atoms with van der Waals surface area (Å²) in [6.07, 6.45) is 3.30. The summed E-state index contributed by atoms with van der Waals surface area (Å²) in [5, 5.41) is 14.3. The summed E-state index contributed by atoms with van der Waals surface area (Å²) in [6, 6.07) is -1.19. The number of nitrogens with zero attached hydrogens (tertiary/aromatic N) is 1. The average molecular weight is 299 g/mol. The molecule has 3 N–H and O–H groups in total. The van der Waals surface area contributed by atoms with Crippen molar-refractivity contribution in [1.29, 1.82) is 0 Å². The number of piperidine rings is 1. The Kier molecular flexibility index (Phi) is 6.98. The third kappa shape index (κ3) is 5.24. The van der Waals surface area contributed by atoms with Gasteiger partial charge in [-0.15, -0.1) is 0 Å². The van der Waals surface area contributed by atoms with Crippen LogP contribution in [0.1, 0.15) is 39.0 Å². The number of carbonyl (C=O) groups excluding carboxylic acids is 2. The molecule has 0 aromatic carbocycles. The molecular weight excluding hydrogens is 274 g/mol. The molecule has 1 unspecified atom stereocenters. The van der Waals surface area contributed by atoms with Crippen molar-refractivity contribution in [3.8, 4) is 0 Å². The molecule has 1 heterocycles. The van der Waals surface area contributed by atoms with Crippen molar-refractivity contribution in [2.24, 2.45) is 5.92 Å². The first-order chi connectivity index (χ1) is 9.99. The summed E-state index contributed by atoms with van der Waals surface area (Å²) in [7, 11) is 1.60. The predicted molar refractivity (Wildman–Crippen MR) is 77.8 cm³/mol. The zero-order valence-corrected chi connectivity index (χ0v) is 12.7. The molecule has 1 fully saturated rings. The fraction of sp³-hybridized carbons (Fsp3) is 0.786. The second kappa shape index (κ2) is 8.49. The van der Waals surface area contributed by atoms with Crippen LogP contribution in [0.5, 0.6) is 0 Å². The second-order valence-corrected chi connectivity index (χ2v) is 5.36. The van der Waals surface area contributed by atoms with Crippen molar-refractivity contribution >= 4 is 17.9 Å². The van der Waals surface area contributed by atoms with Crippen LogP contribution in [-0.2, 0) is 9.59 Å². The number of aliphatic carboxylic acids is 1. The van der Waals surface area contributed by atoms with E-state index in [4.69, 9.17) is 5.11 Å². The maximum Gasteiger partial charge on any atom is 0.326 e. The Morgan fingerprint density at radius 1 is 1.29 bits per heavy atom. The topological polar surface area (TPSA) is 98.7 Å². The van der Waals surface area contributed by atoms with E-state index in [1.807, 2.05) is 6.92 Å². The lowest BCUT2D eigenvalue weighted by molar-refractivity contribution is -0.139. The van der Waals surface area contributed by atoms with E-state index >= 15 is 0 Å². The number of carboxylic acid groups (broad SMARTS) is 1. The Morgan fingerprint density at radius 2 is 1.90 bits per heavy atom. The van der Waals surface area contributed by atoms with Gasteiger partial charge < -0.3 is 20.6 Å². The van der Waals surface area contributed by atoms with Crippen LogP contribution >= 0.6 is 0 Å². The zero-order chi connectivity index (χ0) is 15.8. The molecule has 1 aliphatic heterocycles. The van der Waals surface area contributed by atoms with Crippen molar-refractivity contribution in [3.05, 3.63) is 0 Å². The Bertz CT molecular complexity index is 378. The summed E-state index contributed by atoms with van der Waals surface area (Å²) < 4.78 is 0. The van der Waals surface area contributed by atoms with Crippen LogP contribution in [0.2, 0.25) is 0 Å². The minimum absolute atomic E-state index is 0.00131. The molecule has 1 atom stereocenters. The van der Waals surface area contributed by atoms with Crippen LogP contribution in [0.15, 0.2) is 0 Å². The van der Waals surface area contributed by atoms with E-state index in [0.717, 1.165) is 12.8 Å². The highest BCUT2D eigenvalue weighted by atomic mass is 16.4. The molecule has 0 aliphatic carbocycles. The number of carbonyl (C=O) groups is 3. The van der Waals surface area contributed by atoms with Gasteiger partial charge in [0.2, 0.25) is 5.91 Å². The van der Waals surface area contributed by atoms with Gasteiger partial charge in [-0.3, -0.25) is 4.79 Å². The first kappa shape index (κ1) is 17.3. The molecule has 3 amide bonds. The summed E-state index contributed by atoms with van der Waals surface area (Å²) in [5.41, 5.74) is 0. The van der Waals surface area contributed by atoms with Crippen molar-refractivity contribution in [1.82, 2.24) is 15.5 Å². The molecular formula is C14H25N3O4. The van der Waals surface area contributed by atoms with Gasteiger partial charge in [0, 0.05) is 26.1 Å². The summed E-state index contributed by atoms with van der Waals surface area (Å²) in [4.78, 5) is 36.3. The molecule has 21 heavy (non-hydrogen) atoms. The number of likely N-dealkylation sites (tertiary alicyclic amines) is 1. The van der Waals surface area contributed by atoms with Gasteiger partial charge in [0.1, 0.15) is 6.04 Å². The maximum atomic E-state index is 12.1. The van der Waals surface area contributed by atoms with Gasteiger partial charge in [-0.2, -0.15) is 0 Å². The number of rotatable bonds is 6. The van der Waals surface area contributed by atoms with Gasteiger partial charge in [-0.25, -0.2) is 9.59 Å². The highest BCUT2D eigenvalue weighted by Gasteiger charge is 2.28. The van der Waals surface area contributed by atoms with Crippen molar-refractivity contribution < 1.29 is 19.5 Å². The molecule has 1 aliphatic rings. The summed E-state index contributed by atoms with van der Waals surface area (Å²) in [6.45, 7) is 2.93. The van der Waals surface area contributed by atoms with Crippen molar-refractivity contribution in [3.63, 3.8) is 0 Å². The predicted octanol–water partition coefficient (Wildman–Crippen LogP) is 0.797. The fourth-order valence-electron chi connectivity index (χ4n) is 2.45. The highest BCUT2D eigenvalue weighted by Crippen LogP contribution is 2.17. The molecule has 0 aromatic heterocycles. The van der Waals surface area contributed by atoms with E-state index in [-0.39, 0.29) is 17.9 Å². The van der Waals surface area contributed by atoms with Gasteiger partial charge in [0.25, 0.3) is 0 Å². The molecule has 1 saturated heterocycles. The van der Waals surface area contributed by atoms with E-state index in [1.54, 1.807) is 11.9 Å². The van der Waals surface area contributed by atoms with E-state index in [2.05, 4.69) is 10.6 Å². The first-order valence-corrected chi connectivity index (χ1v) is 7.49. The van der Waals surface area contributed by atoms with Crippen LogP contribution in [0.25, 0.3) is 0 Å². The second-order valence-electron chi connectivity index (χ2n) is 5.36. The van der Waals surface area contributed by atoms with Crippen LogP contribution in [0.3, 0.4) is 0 Å². The summed E-state index contributed by atoms with van der Waals surface area (Å²) >= 11 is 0. The lowest BCUT2D eigenvalue weighted by atomic mass is 9.96. The monoisotopic (exact) mass is 299 g/mol. The standard InChI is InChI=1S/C14H25N3O4/c1-3-4-5-11(13(19)20)16-14(21)17-8-6-10(7-9-17)12(18)15-2/h10-11H,3-9H2,1-2H3,(H,15,18)(H,16,21)(H,19,20). The first-order valence-electron chi connectivity index (χ1n) is 7.49. The Hall–Kier alpha value is -1.79. The lowest BCUT2D eigenvalue weighted by Gasteiger charge is -2.32. The van der Waals surface area contributed by atoms with E-state index in [0.29, 0.717) is 32.4 Å². The number of unbranched alkanes of at least 4 members (excludes halogenated alkanes) is 1. The molecule has 0 saturated carbocycles. The molecule has 7 nitrogen and oxygen atoms in total. The van der Waals surface area contributed by atoms with Crippen LogP contribution in [-0.4, -0.2) is 54.1 Å². The molecule has 0 aromatic rings. The number of amides is 3. The minimum Gasteiger partial charge on any atom is -0.480 e. The number of hydrogen-bond donors (Lipinski definition) is 3. The number of carboxylic acids is 1. The van der Waals surface area contributed by atoms with Gasteiger partial charge in [-0.1, -0.05) is 19.8 Å². The molecule has 0 radical (unpaired) electrons. The van der Waals surface area contributed by atoms with Gasteiger partial charge >= 0.3 is 12.0 Å². The average Bonchev–Trinajstić information content (AvgIpc) is 2.50. The number of urea groups is 1. The zero-order valence-electron chi connectivity index (χ0n) is 12.7. The van der Waals surface area contributed by atoms with Gasteiger partial charge in [0.05, 0.1) is 0 Å². The van der Waals surface area contributed by atoms with Crippen LogP contribution < -0.4 is 10.6 Å². The fourth-order valence-corrected chi connectivity index (χ4v) is 2.45. The SMILES string of the molecule is CCCCC(NC(=O)N1CCC(C(=O)NC)CC1)C(=O)O. The lowest BCUT2D eigenvalue weighted by Crippen LogP contribution is -2.51. The van der Waals surface area contributed by atoms with E-state index in [9.17, 15) is 14.4 Å². The van der Waals surface area contributed by atoms with Gasteiger partial charge in [0.15, 0.2) is 0 Å². The van der Waals surface area contributed by atoms with Crippen LogP contribution in [0, 0.1) is 5.92 Å². The van der Waals surface area contributed by atoms with Crippen LogP contribution in [0.4, 0.5) is 4.79 Å². The van der Waals surface area contributed by atoms with Gasteiger partial charge in [-0.05, 0) is 19.3 Å². The molecule has 0 bridgehead atoms. The quantitative estimate of drug-likeness (QED) is 0.675. The maximum absolute atomic E-state index is 12.1. The normalized spacial score (nSPS) is 17.1. The molecule has 120 valence electrons. The third-order valence-corrected chi connectivity index (χ3v) is 3.84. The molecule has 1 rings (SSSR count). The smallest absolute Gasteiger partial charge is 0.326 e. The van der Waals surface area contributed by atoms with E-state index < -0.39 is 12.0 Å². The Balaban J connectivity index is 2.45. The molecule has 7 heteroatoms. The highest BCUT2D eigenvalue weighted by molar-refractivity contribution is 5.83. The Labute approximate surface area is 125 Å². The van der Waals surface area contributed by atoms with Crippen molar-refractivity contribution in [2.45, 2.75) is 45.1 Å². The van der Waals surface area contributed by atoms with Crippen molar-refractivity contribution in [2.75, 3.05) is 20.1 Å². The Morgan fingerprint density at radius 3 is 2.38 bits per heavy atom. The largest absolute Gasteiger partial charge is 0.480 e.